The number of unbranched alkanes of at least 4 members (excludes halogenated alkanes) is 3. The van der Waals surface area contributed by atoms with Crippen LogP contribution in [0.3, 0.4) is 0 Å². The minimum Gasteiger partial charge on any atom is -0.459 e. The molecule has 30 heavy (non-hydrogen) atoms. The van der Waals surface area contributed by atoms with E-state index in [1.54, 1.807) is 20.8 Å². The third-order valence-electron chi connectivity index (χ3n) is 4.47. The number of carbonyl (C=O) groups excluding carboxylic acids is 2. The standard InChI is InChI=1S/C24H39NO5/c1-6-7-8-10-13-19(2)28-17-16-21(25-23(27)30-24(3,4)5)22(26)29-18-20-14-11-9-12-15-20/h9,11-12,14-15,19,21H,6-8,10,13,16-18H2,1-5H3,(H,25,27)/t19-,21-/m0/s1. The summed E-state index contributed by atoms with van der Waals surface area (Å²) in [4.78, 5) is 24.8. The fraction of sp³-hybridized carbons (Fsp3) is 0.667. The number of hydrogen-bond acceptors (Lipinski definition) is 5. The number of ether oxygens (including phenoxy) is 3. The van der Waals surface area contributed by atoms with Crippen molar-refractivity contribution in [1.29, 1.82) is 0 Å². The van der Waals surface area contributed by atoms with Crippen LogP contribution in [0.1, 0.15) is 78.7 Å². The predicted molar refractivity (Wildman–Crippen MR) is 118 cm³/mol. The number of carbonyl (C=O) groups is 2. The van der Waals surface area contributed by atoms with Crippen molar-refractivity contribution in [1.82, 2.24) is 5.32 Å². The van der Waals surface area contributed by atoms with E-state index in [1.807, 2.05) is 37.3 Å². The molecule has 0 aliphatic heterocycles. The van der Waals surface area contributed by atoms with Crippen LogP contribution in [0.2, 0.25) is 0 Å². The van der Waals surface area contributed by atoms with E-state index in [4.69, 9.17) is 14.2 Å². The third-order valence-corrected chi connectivity index (χ3v) is 4.47. The van der Waals surface area contributed by atoms with Gasteiger partial charge in [0.05, 0.1) is 6.10 Å². The molecular formula is C24H39NO5. The number of alkyl carbamates (subject to hydrolysis) is 1. The molecule has 1 aromatic rings. The molecular weight excluding hydrogens is 382 g/mol. The van der Waals surface area contributed by atoms with Crippen LogP contribution in [0.25, 0.3) is 0 Å². The first-order valence-corrected chi connectivity index (χ1v) is 11.0. The molecule has 1 aromatic carbocycles. The van der Waals surface area contributed by atoms with E-state index in [0.717, 1.165) is 18.4 Å². The minimum absolute atomic E-state index is 0.115. The maximum absolute atomic E-state index is 12.6. The summed E-state index contributed by atoms with van der Waals surface area (Å²) in [7, 11) is 0. The molecule has 6 heteroatoms. The molecule has 0 radical (unpaired) electrons. The second-order valence-electron chi connectivity index (χ2n) is 8.61. The van der Waals surface area contributed by atoms with Gasteiger partial charge in [-0.1, -0.05) is 62.9 Å². The van der Waals surface area contributed by atoms with Gasteiger partial charge >= 0.3 is 12.1 Å². The molecule has 0 fully saturated rings. The van der Waals surface area contributed by atoms with Crippen molar-refractivity contribution in [2.24, 2.45) is 0 Å². The van der Waals surface area contributed by atoms with E-state index in [-0.39, 0.29) is 12.7 Å². The second kappa shape index (κ2) is 14.0. The smallest absolute Gasteiger partial charge is 0.408 e. The van der Waals surface area contributed by atoms with E-state index in [9.17, 15) is 9.59 Å². The Hall–Kier alpha value is -2.08. The van der Waals surface area contributed by atoms with Gasteiger partial charge in [-0.05, 0) is 39.7 Å². The highest BCUT2D eigenvalue weighted by atomic mass is 16.6. The summed E-state index contributed by atoms with van der Waals surface area (Å²) in [5.41, 5.74) is 0.241. The summed E-state index contributed by atoms with van der Waals surface area (Å²) in [6.45, 7) is 10.1. The number of nitrogens with one attached hydrogen (secondary N) is 1. The maximum Gasteiger partial charge on any atom is 0.408 e. The van der Waals surface area contributed by atoms with Crippen molar-refractivity contribution in [3.05, 3.63) is 35.9 Å². The summed E-state index contributed by atoms with van der Waals surface area (Å²) in [6.07, 6.45) is 5.57. The molecule has 6 nitrogen and oxygen atoms in total. The van der Waals surface area contributed by atoms with Gasteiger partial charge in [0.25, 0.3) is 0 Å². The number of hydrogen-bond donors (Lipinski definition) is 1. The fourth-order valence-electron chi connectivity index (χ4n) is 2.86. The van der Waals surface area contributed by atoms with Crippen molar-refractivity contribution in [3.63, 3.8) is 0 Å². The molecule has 0 saturated carbocycles. The number of rotatable bonds is 13. The molecule has 0 aliphatic rings. The second-order valence-corrected chi connectivity index (χ2v) is 8.61. The number of amides is 1. The Morgan fingerprint density at radius 2 is 1.73 bits per heavy atom. The van der Waals surface area contributed by atoms with Crippen LogP contribution < -0.4 is 5.32 Å². The highest BCUT2D eigenvalue weighted by molar-refractivity contribution is 5.81. The van der Waals surface area contributed by atoms with Crippen molar-refractivity contribution >= 4 is 12.1 Å². The van der Waals surface area contributed by atoms with Gasteiger partial charge in [-0.15, -0.1) is 0 Å². The highest BCUT2D eigenvalue weighted by Gasteiger charge is 2.25. The van der Waals surface area contributed by atoms with Gasteiger partial charge in [0.15, 0.2) is 0 Å². The lowest BCUT2D eigenvalue weighted by Gasteiger charge is -2.23. The molecule has 1 amide bonds. The zero-order valence-corrected chi connectivity index (χ0v) is 19.2. The monoisotopic (exact) mass is 421 g/mol. The Labute approximate surface area is 181 Å². The van der Waals surface area contributed by atoms with Crippen LogP contribution in [0.4, 0.5) is 4.79 Å². The Balaban J connectivity index is 2.54. The molecule has 170 valence electrons. The van der Waals surface area contributed by atoms with Crippen LogP contribution in [-0.2, 0) is 25.6 Å². The number of benzene rings is 1. The van der Waals surface area contributed by atoms with E-state index in [0.29, 0.717) is 13.0 Å². The predicted octanol–water partition coefficient (Wildman–Crippen LogP) is 5.39. The first kappa shape index (κ1) is 26.0. The maximum atomic E-state index is 12.6. The molecule has 1 N–H and O–H groups in total. The van der Waals surface area contributed by atoms with Crippen molar-refractivity contribution in [2.45, 2.75) is 97.5 Å². The zero-order chi connectivity index (χ0) is 22.4. The molecule has 0 spiro atoms. The average Bonchev–Trinajstić information content (AvgIpc) is 2.68. The van der Waals surface area contributed by atoms with Gasteiger partial charge in [-0.2, -0.15) is 0 Å². The van der Waals surface area contributed by atoms with Crippen LogP contribution >= 0.6 is 0 Å². The van der Waals surface area contributed by atoms with Crippen molar-refractivity contribution in [3.8, 4) is 0 Å². The van der Waals surface area contributed by atoms with E-state index in [2.05, 4.69) is 12.2 Å². The Bertz CT molecular complexity index is 612. The molecule has 0 unspecified atom stereocenters. The van der Waals surface area contributed by atoms with E-state index in [1.165, 1.54) is 19.3 Å². The van der Waals surface area contributed by atoms with Gasteiger partial charge in [-0.25, -0.2) is 9.59 Å². The Morgan fingerprint density at radius 1 is 1.03 bits per heavy atom. The lowest BCUT2D eigenvalue weighted by Crippen LogP contribution is -2.45. The molecule has 0 heterocycles. The lowest BCUT2D eigenvalue weighted by molar-refractivity contribution is -0.148. The lowest BCUT2D eigenvalue weighted by atomic mass is 10.1. The van der Waals surface area contributed by atoms with Gasteiger partial charge < -0.3 is 19.5 Å². The van der Waals surface area contributed by atoms with Crippen LogP contribution in [0.15, 0.2) is 30.3 Å². The topological polar surface area (TPSA) is 73.9 Å². The first-order chi connectivity index (χ1) is 14.2. The van der Waals surface area contributed by atoms with E-state index >= 15 is 0 Å². The van der Waals surface area contributed by atoms with Gasteiger partial charge in [-0.3, -0.25) is 0 Å². The molecule has 2 atom stereocenters. The minimum atomic E-state index is -0.823. The summed E-state index contributed by atoms with van der Waals surface area (Å²) in [6, 6.07) is 8.61. The fourth-order valence-corrected chi connectivity index (χ4v) is 2.86. The Morgan fingerprint density at radius 3 is 2.37 bits per heavy atom. The van der Waals surface area contributed by atoms with Crippen LogP contribution in [-0.4, -0.2) is 36.4 Å². The van der Waals surface area contributed by atoms with E-state index < -0.39 is 23.7 Å². The Kier molecular flexibility index (Phi) is 12.1. The third kappa shape index (κ3) is 12.5. The summed E-state index contributed by atoms with van der Waals surface area (Å²) >= 11 is 0. The SMILES string of the molecule is CCCCCC[C@H](C)OCC[C@H](NC(=O)OC(C)(C)C)C(=O)OCc1ccccc1. The quantitative estimate of drug-likeness (QED) is 0.341. The van der Waals surface area contributed by atoms with Crippen molar-refractivity contribution in [2.75, 3.05) is 6.61 Å². The van der Waals surface area contributed by atoms with Crippen molar-refractivity contribution < 1.29 is 23.8 Å². The summed E-state index contributed by atoms with van der Waals surface area (Å²) < 4.78 is 16.5. The van der Waals surface area contributed by atoms with Gasteiger partial charge in [0.2, 0.25) is 0 Å². The highest BCUT2D eigenvalue weighted by Crippen LogP contribution is 2.11. The molecule has 0 bridgehead atoms. The zero-order valence-electron chi connectivity index (χ0n) is 19.2. The summed E-state index contributed by atoms with van der Waals surface area (Å²) in [5, 5.41) is 2.63. The molecule has 0 saturated heterocycles. The molecule has 0 aromatic heterocycles. The van der Waals surface area contributed by atoms with Gasteiger partial charge in [0, 0.05) is 13.0 Å². The first-order valence-electron chi connectivity index (χ1n) is 11.0. The number of esters is 1. The summed E-state index contributed by atoms with van der Waals surface area (Å²) in [5.74, 6) is -0.496. The largest absolute Gasteiger partial charge is 0.459 e. The average molecular weight is 422 g/mol. The molecule has 0 aliphatic carbocycles. The molecule has 1 rings (SSSR count). The van der Waals surface area contributed by atoms with Crippen LogP contribution in [0.5, 0.6) is 0 Å². The van der Waals surface area contributed by atoms with Crippen LogP contribution in [0, 0.1) is 0 Å². The normalized spacial score (nSPS) is 13.4. The van der Waals surface area contributed by atoms with Gasteiger partial charge in [0.1, 0.15) is 18.2 Å².